The fourth-order valence-corrected chi connectivity index (χ4v) is 2.44. The smallest absolute Gasteiger partial charge is 0.335 e. The molecule has 0 atom stereocenters. The molecule has 0 unspecified atom stereocenters. The predicted molar refractivity (Wildman–Crippen MR) is 94.6 cm³/mol. The summed E-state index contributed by atoms with van der Waals surface area (Å²) in [5.41, 5.74) is 1.73. The summed E-state index contributed by atoms with van der Waals surface area (Å²) in [5.74, 6) is 1.40. The number of rotatable bonds is 5. The van der Waals surface area contributed by atoms with Crippen molar-refractivity contribution in [2.45, 2.75) is 0 Å². The van der Waals surface area contributed by atoms with Gasteiger partial charge in [0.2, 0.25) is 12.7 Å². The molecule has 26 heavy (non-hydrogen) atoms. The van der Waals surface area contributed by atoms with Gasteiger partial charge in [0.05, 0.1) is 5.56 Å². The first-order valence-electron chi connectivity index (χ1n) is 7.77. The van der Waals surface area contributed by atoms with Gasteiger partial charge in [0.15, 0.2) is 11.5 Å². The van der Waals surface area contributed by atoms with Crippen LogP contribution in [0.4, 0.5) is 23.1 Å². The highest BCUT2D eigenvalue weighted by atomic mass is 16.7. The lowest BCUT2D eigenvalue weighted by Gasteiger charge is -2.09. The summed E-state index contributed by atoms with van der Waals surface area (Å²) >= 11 is 0. The van der Waals surface area contributed by atoms with Gasteiger partial charge in [0.1, 0.15) is 5.82 Å². The van der Waals surface area contributed by atoms with Crippen LogP contribution in [0.15, 0.2) is 54.7 Å². The molecule has 0 saturated heterocycles. The van der Waals surface area contributed by atoms with E-state index >= 15 is 0 Å². The molecule has 1 aliphatic heterocycles. The average molecular weight is 350 g/mol. The topological polar surface area (TPSA) is 106 Å². The normalized spacial score (nSPS) is 11.8. The fourth-order valence-electron chi connectivity index (χ4n) is 2.44. The van der Waals surface area contributed by atoms with Crippen LogP contribution in [0.25, 0.3) is 0 Å². The van der Waals surface area contributed by atoms with Crippen LogP contribution in [-0.2, 0) is 0 Å². The van der Waals surface area contributed by atoms with Crippen LogP contribution in [0.1, 0.15) is 10.4 Å². The molecule has 8 nitrogen and oxygen atoms in total. The van der Waals surface area contributed by atoms with Crippen molar-refractivity contribution in [2.24, 2.45) is 0 Å². The highest BCUT2D eigenvalue weighted by Gasteiger charge is 2.13. The Bertz CT molecular complexity index is 960. The van der Waals surface area contributed by atoms with Gasteiger partial charge in [-0.25, -0.2) is 9.78 Å². The van der Waals surface area contributed by atoms with E-state index in [1.807, 2.05) is 18.2 Å². The van der Waals surface area contributed by atoms with Crippen LogP contribution in [0, 0.1) is 0 Å². The maximum Gasteiger partial charge on any atom is 0.335 e. The van der Waals surface area contributed by atoms with Gasteiger partial charge in [-0.3, -0.25) is 0 Å². The van der Waals surface area contributed by atoms with E-state index < -0.39 is 5.97 Å². The zero-order valence-corrected chi connectivity index (χ0v) is 13.5. The standard InChI is InChI=1S/C18H14N4O4/c23-17(24)11-1-3-12(4-2-11)20-16-7-8-19-18(22-16)21-13-5-6-14-15(9-13)26-10-25-14/h1-9H,10H2,(H,23,24)(H2,19,20,21,22). The van der Waals surface area contributed by atoms with E-state index in [9.17, 15) is 4.79 Å². The summed E-state index contributed by atoms with van der Waals surface area (Å²) < 4.78 is 10.6. The minimum absolute atomic E-state index is 0.218. The zero-order chi connectivity index (χ0) is 17.9. The van der Waals surface area contributed by atoms with Crippen LogP contribution in [0.3, 0.4) is 0 Å². The van der Waals surface area contributed by atoms with Crippen LogP contribution in [0.2, 0.25) is 0 Å². The summed E-state index contributed by atoms with van der Waals surface area (Å²) in [4.78, 5) is 19.5. The van der Waals surface area contributed by atoms with E-state index in [1.54, 1.807) is 24.4 Å². The van der Waals surface area contributed by atoms with Gasteiger partial charge < -0.3 is 25.2 Å². The third-order valence-corrected chi connectivity index (χ3v) is 3.69. The number of hydrogen-bond acceptors (Lipinski definition) is 7. The minimum atomic E-state index is -0.964. The van der Waals surface area contributed by atoms with Gasteiger partial charge >= 0.3 is 5.97 Å². The number of nitrogens with one attached hydrogen (secondary N) is 2. The van der Waals surface area contributed by atoms with E-state index in [1.165, 1.54) is 12.1 Å². The van der Waals surface area contributed by atoms with Gasteiger partial charge in [-0.2, -0.15) is 4.98 Å². The van der Waals surface area contributed by atoms with Crippen LogP contribution in [-0.4, -0.2) is 27.8 Å². The van der Waals surface area contributed by atoms with Crippen LogP contribution >= 0.6 is 0 Å². The number of hydrogen-bond donors (Lipinski definition) is 3. The van der Waals surface area contributed by atoms with Crippen molar-refractivity contribution in [3.05, 3.63) is 60.3 Å². The number of fused-ring (bicyclic) bond motifs is 1. The minimum Gasteiger partial charge on any atom is -0.478 e. The molecule has 4 rings (SSSR count). The number of ether oxygens (including phenoxy) is 2. The number of nitrogens with zero attached hydrogens (tertiary/aromatic N) is 2. The molecule has 2 aromatic carbocycles. The lowest BCUT2D eigenvalue weighted by molar-refractivity contribution is 0.0697. The highest BCUT2D eigenvalue weighted by molar-refractivity contribution is 5.88. The first-order chi connectivity index (χ1) is 12.7. The first-order valence-corrected chi connectivity index (χ1v) is 7.77. The number of aromatic carboxylic acids is 1. The quantitative estimate of drug-likeness (QED) is 0.643. The molecular formula is C18H14N4O4. The number of carbonyl (C=O) groups is 1. The number of carboxylic acid groups (broad SMARTS) is 1. The molecule has 8 heteroatoms. The molecule has 1 aromatic heterocycles. The molecule has 0 saturated carbocycles. The number of anilines is 4. The molecule has 0 radical (unpaired) electrons. The molecule has 1 aliphatic rings. The summed E-state index contributed by atoms with van der Waals surface area (Å²) in [6.07, 6.45) is 1.62. The van der Waals surface area contributed by atoms with Crippen LogP contribution in [0.5, 0.6) is 11.5 Å². The van der Waals surface area contributed by atoms with E-state index in [0.29, 0.717) is 23.3 Å². The van der Waals surface area contributed by atoms with Crippen molar-refractivity contribution >= 4 is 29.1 Å². The van der Waals surface area contributed by atoms with E-state index in [4.69, 9.17) is 14.6 Å². The maximum absolute atomic E-state index is 10.9. The molecular weight excluding hydrogens is 336 g/mol. The van der Waals surface area contributed by atoms with Crippen molar-refractivity contribution in [2.75, 3.05) is 17.4 Å². The molecule has 130 valence electrons. The molecule has 2 heterocycles. The summed E-state index contributed by atoms with van der Waals surface area (Å²) in [7, 11) is 0. The van der Waals surface area contributed by atoms with Crippen LogP contribution < -0.4 is 20.1 Å². The summed E-state index contributed by atoms with van der Waals surface area (Å²) in [6, 6.07) is 13.6. The largest absolute Gasteiger partial charge is 0.478 e. The second-order valence-corrected chi connectivity index (χ2v) is 5.47. The first kappa shape index (κ1) is 15.7. The van der Waals surface area contributed by atoms with Crippen molar-refractivity contribution in [3.63, 3.8) is 0 Å². The van der Waals surface area contributed by atoms with Crippen molar-refractivity contribution in [1.29, 1.82) is 0 Å². The Labute approximate surface area is 148 Å². The molecule has 3 N–H and O–H groups in total. The molecule has 3 aromatic rings. The Morgan fingerprint density at radius 3 is 2.54 bits per heavy atom. The van der Waals surface area contributed by atoms with Gasteiger partial charge in [-0.05, 0) is 42.5 Å². The average Bonchev–Trinajstić information content (AvgIpc) is 3.10. The SMILES string of the molecule is O=C(O)c1ccc(Nc2ccnc(Nc3ccc4c(c3)OCO4)n2)cc1. The molecule has 0 fully saturated rings. The fraction of sp³-hybridized carbons (Fsp3) is 0.0556. The van der Waals surface area contributed by atoms with Gasteiger partial charge in [-0.15, -0.1) is 0 Å². The van der Waals surface area contributed by atoms with E-state index in [2.05, 4.69) is 20.6 Å². The maximum atomic E-state index is 10.9. The van der Waals surface area contributed by atoms with Gasteiger partial charge in [-0.1, -0.05) is 0 Å². The molecule has 0 spiro atoms. The summed E-state index contributed by atoms with van der Waals surface area (Å²) in [6.45, 7) is 0.218. The zero-order valence-electron chi connectivity index (χ0n) is 13.5. The molecule has 0 amide bonds. The Morgan fingerprint density at radius 1 is 0.962 bits per heavy atom. The Hall–Kier alpha value is -3.81. The second-order valence-electron chi connectivity index (χ2n) is 5.47. The second kappa shape index (κ2) is 6.60. The predicted octanol–water partition coefficient (Wildman–Crippen LogP) is 3.39. The van der Waals surface area contributed by atoms with Crippen molar-refractivity contribution in [1.82, 2.24) is 9.97 Å². The summed E-state index contributed by atoms with van der Waals surface area (Å²) in [5, 5.41) is 15.2. The van der Waals surface area contributed by atoms with Gasteiger partial charge in [0.25, 0.3) is 0 Å². The Morgan fingerprint density at radius 2 is 1.73 bits per heavy atom. The van der Waals surface area contributed by atoms with E-state index in [-0.39, 0.29) is 12.4 Å². The van der Waals surface area contributed by atoms with Crippen molar-refractivity contribution in [3.8, 4) is 11.5 Å². The monoisotopic (exact) mass is 350 g/mol. The molecule has 0 aliphatic carbocycles. The number of carboxylic acids is 1. The Kier molecular flexibility index (Phi) is 3.98. The third kappa shape index (κ3) is 3.34. The third-order valence-electron chi connectivity index (χ3n) is 3.69. The molecule has 0 bridgehead atoms. The lowest BCUT2D eigenvalue weighted by Crippen LogP contribution is -2.01. The van der Waals surface area contributed by atoms with E-state index in [0.717, 1.165) is 11.4 Å². The lowest BCUT2D eigenvalue weighted by atomic mass is 10.2. The number of aromatic nitrogens is 2. The van der Waals surface area contributed by atoms with Crippen molar-refractivity contribution < 1.29 is 19.4 Å². The highest BCUT2D eigenvalue weighted by Crippen LogP contribution is 2.34. The number of benzene rings is 2. The van der Waals surface area contributed by atoms with Gasteiger partial charge in [0, 0.05) is 23.6 Å². The Balaban J connectivity index is 1.48.